The number of rotatable bonds is 4. The number of aliphatic carboxylic acids is 1. The summed E-state index contributed by atoms with van der Waals surface area (Å²) in [5, 5.41) is 8.92. The van der Waals surface area contributed by atoms with E-state index in [4.69, 9.17) is 10.8 Å². The van der Waals surface area contributed by atoms with Crippen molar-refractivity contribution in [2.75, 3.05) is 0 Å². The summed E-state index contributed by atoms with van der Waals surface area (Å²) in [6.45, 7) is 1.83. The third-order valence-electron chi connectivity index (χ3n) is 2.37. The van der Waals surface area contributed by atoms with Gasteiger partial charge in [0.2, 0.25) is 0 Å². The van der Waals surface area contributed by atoms with Gasteiger partial charge in [-0.15, -0.1) is 0 Å². The summed E-state index contributed by atoms with van der Waals surface area (Å²) in [5.41, 5.74) is 6.75. The van der Waals surface area contributed by atoms with Crippen LogP contribution in [0.2, 0.25) is 0 Å². The van der Waals surface area contributed by atoms with Crippen molar-refractivity contribution in [1.82, 2.24) is 0 Å². The van der Waals surface area contributed by atoms with Gasteiger partial charge in [-0.2, -0.15) is 0 Å². The lowest BCUT2D eigenvalue weighted by atomic mass is 9.92. The van der Waals surface area contributed by atoms with Crippen LogP contribution in [0.15, 0.2) is 30.3 Å². The topological polar surface area (TPSA) is 63.3 Å². The van der Waals surface area contributed by atoms with E-state index in [0.717, 1.165) is 5.56 Å². The van der Waals surface area contributed by atoms with E-state index in [1.807, 2.05) is 37.3 Å². The molecule has 0 fully saturated rings. The molecule has 0 amide bonds. The fraction of sp³-hybridized carbons (Fsp3) is 0.364. The van der Waals surface area contributed by atoms with Gasteiger partial charge in [0.1, 0.15) is 0 Å². The van der Waals surface area contributed by atoms with Crippen molar-refractivity contribution in [2.24, 2.45) is 11.7 Å². The molecule has 14 heavy (non-hydrogen) atoms. The normalized spacial score (nSPS) is 14.7. The average molecular weight is 193 g/mol. The van der Waals surface area contributed by atoms with Crippen molar-refractivity contribution in [1.29, 1.82) is 0 Å². The average Bonchev–Trinajstić information content (AvgIpc) is 2.19. The van der Waals surface area contributed by atoms with Crippen molar-refractivity contribution in [2.45, 2.75) is 19.4 Å². The molecule has 0 aliphatic carbocycles. The summed E-state index contributed by atoms with van der Waals surface area (Å²) in [6.07, 6.45) is 0.547. The molecule has 0 bridgehead atoms. The maximum Gasteiger partial charge on any atom is 0.308 e. The maximum absolute atomic E-state index is 10.9. The second-order valence-electron chi connectivity index (χ2n) is 3.29. The molecule has 0 spiro atoms. The summed E-state index contributed by atoms with van der Waals surface area (Å²) in [6, 6.07) is 8.91. The number of carboxylic acid groups (broad SMARTS) is 1. The van der Waals surface area contributed by atoms with E-state index in [9.17, 15) is 4.79 Å². The highest BCUT2D eigenvalue weighted by atomic mass is 16.4. The van der Waals surface area contributed by atoms with E-state index in [1.165, 1.54) is 0 Å². The largest absolute Gasteiger partial charge is 0.481 e. The smallest absolute Gasteiger partial charge is 0.308 e. The Morgan fingerprint density at radius 2 is 2.00 bits per heavy atom. The summed E-state index contributed by atoms with van der Waals surface area (Å²) in [4.78, 5) is 10.9. The minimum atomic E-state index is -0.830. The molecule has 1 aromatic carbocycles. The van der Waals surface area contributed by atoms with Gasteiger partial charge in [-0.25, -0.2) is 0 Å². The van der Waals surface area contributed by atoms with Crippen molar-refractivity contribution in [3.8, 4) is 0 Å². The van der Waals surface area contributed by atoms with Gasteiger partial charge < -0.3 is 10.8 Å². The van der Waals surface area contributed by atoms with Gasteiger partial charge in [-0.3, -0.25) is 4.79 Å². The molecule has 1 rings (SSSR count). The zero-order valence-corrected chi connectivity index (χ0v) is 8.18. The molecule has 3 heteroatoms. The van der Waals surface area contributed by atoms with Crippen LogP contribution >= 0.6 is 0 Å². The molecular formula is C11H15NO2. The number of hydrogen-bond donors (Lipinski definition) is 2. The fourth-order valence-electron chi connectivity index (χ4n) is 1.49. The highest BCUT2D eigenvalue weighted by Crippen LogP contribution is 2.21. The Morgan fingerprint density at radius 1 is 1.43 bits per heavy atom. The number of hydrogen-bond acceptors (Lipinski definition) is 2. The van der Waals surface area contributed by atoms with Crippen LogP contribution in [0.1, 0.15) is 24.9 Å². The lowest BCUT2D eigenvalue weighted by Gasteiger charge is -2.18. The van der Waals surface area contributed by atoms with Crippen molar-refractivity contribution >= 4 is 5.97 Å². The summed E-state index contributed by atoms with van der Waals surface area (Å²) in [5.74, 6) is -1.33. The first-order valence-corrected chi connectivity index (χ1v) is 4.70. The Morgan fingerprint density at radius 3 is 2.43 bits per heavy atom. The number of nitrogens with two attached hydrogens (primary N) is 1. The number of carboxylic acids is 1. The molecule has 0 radical (unpaired) electrons. The summed E-state index contributed by atoms with van der Waals surface area (Å²) >= 11 is 0. The van der Waals surface area contributed by atoms with Crippen LogP contribution in [-0.4, -0.2) is 11.1 Å². The highest BCUT2D eigenvalue weighted by molar-refractivity contribution is 5.71. The molecule has 0 saturated carbocycles. The van der Waals surface area contributed by atoms with E-state index in [0.29, 0.717) is 6.42 Å². The van der Waals surface area contributed by atoms with Crippen LogP contribution in [0.25, 0.3) is 0 Å². The van der Waals surface area contributed by atoms with Gasteiger partial charge in [0, 0.05) is 6.04 Å². The zero-order valence-electron chi connectivity index (χ0n) is 8.18. The molecule has 2 atom stereocenters. The third-order valence-corrected chi connectivity index (χ3v) is 2.37. The second kappa shape index (κ2) is 4.77. The standard InChI is InChI=1S/C11H15NO2/c1-2-9(11(13)14)10(12)8-6-4-3-5-7-8/h3-7,9-10H,2,12H2,1H3,(H,13,14)/t9-,10?/m0/s1. The molecule has 0 heterocycles. The van der Waals surface area contributed by atoms with Gasteiger partial charge in [-0.05, 0) is 12.0 Å². The monoisotopic (exact) mass is 193 g/mol. The Labute approximate surface area is 83.6 Å². The minimum Gasteiger partial charge on any atom is -0.481 e. The first kappa shape index (κ1) is 10.7. The first-order valence-electron chi connectivity index (χ1n) is 4.70. The molecule has 0 aliphatic rings. The van der Waals surface area contributed by atoms with Gasteiger partial charge >= 0.3 is 5.97 Å². The Bertz CT molecular complexity index is 297. The van der Waals surface area contributed by atoms with Crippen LogP contribution in [0.5, 0.6) is 0 Å². The summed E-state index contributed by atoms with van der Waals surface area (Å²) < 4.78 is 0. The Balaban J connectivity index is 2.83. The van der Waals surface area contributed by atoms with E-state index in [2.05, 4.69) is 0 Å². The molecule has 0 saturated heterocycles. The molecule has 3 nitrogen and oxygen atoms in total. The lowest BCUT2D eigenvalue weighted by Crippen LogP contribution is -2.27. The van der Waals surface area contributed by atoms with Crippen molar-refractivity contribution < 1.29 is 9.90 Å². The van der Waals surface area contributed by atoms with Gasteiger partial charge in [0.25, 0.3) is 0 Å². The SMILES string of the molecule is CC[C@H](C(=O)O)C(N)c1ccccc1. The molecule has 3 N–H and O–H groups in total. The second-order valence-corrected chi connectivity index (χ2v) is 3.29. The molecular weight excluding hydrogens is 178 g/mol. The predicted molar refractivity (Wildman–Crippen MR) is 54.8 cm³/mol. The Hall–Kier alpha value is -1.35. The fourth-order valence-corrected chi connectivity index (χ4v) is 1.49. The highest BCUT2D eigenvalue weighted by Gasteiger charge is 2.24. The van der Waals surface area contributed by atoms with Crippen LogP contribution in [0, 0.1) is 5.92 Å². The van der Waals surface area contributed by atoms with Crippen molar-refractivity contribution in [3.63, 3.8) is 0 Å². The minimum absolute atomic E-state index is 0.418. The van der Waals surface area contributed by atoms with E-state index in [-0.39, 0.29) is 0 Å². The lowest BCUT2D eigenvalue weighted by molar-refractivity contribution is -0.142. The van der Waals surface area contributed by atoms with Crippen LogP contribution < -0.4 is 5.73 Å². The summed E-state index contributed by atoms with van der Waals surface area (Å²) in [7, 11) is 0. The quantitative estimate of drug-likeness (QED) is 0.766. The van der Waals surface area contributed by atoms with Crippen molar-refractivity contribution in [3.05, 3.63) is 35.9 Å². The third kappa shape index (κ3) is 2.33. The number of carbonyl (C=O) groups is 1. The van der Waals surface area contributed by atoms with Gasteiger partial charge in [-0.1, -0.05) is 37.3 Å². The van der Waals surface area contributed by atoms with E-state index < -0.39 is 17.9 Å². The molecule has 1 unspecified atom stereocenters. The van der Waals surface area contributed by atoms with E-state index in [1.54, 1.807) is 0 Å². The predicted octanol–water partition coefficient (Wildman–Crippen LogP) is 1.80. The molecule has 1 aromatic rings. The van der Waals surface area contributed by atoms with Crippen LogP contribution in [0.4, 0.5) is 0 Å². The zero-order chi connectivity index (χ0) is 10.6. The van der Waals surface area contributed by atoms with Crippen LogP contribution in [0.3, 0.4) is 0 Å². The number of benzene rings is 1. The maximum atomic E-state index is 10.9. The molecule has 0 aromatic heterocycles. The molecule has 0 aliphatic heterocycles. The van der Waals surface area contributed by atoms with Crippen LogP contribution in [-0.2, 0) is 4.79 Å². The Kier molecular flexibility index (Phi) is 3.65. The first-order chi connectivity index (χ1) is 6.66. The van der Waals surface area contributed by atoms with Gasteiger partial charge in [0.05, 0.1) is 5.92 Å². The molecule has 76 valence electrons. The van der Waals surface area contributed by atoms with E-state index >= 15 is 0 Å². The van der Waals surface area contributed by atoms with Gasteiger partial charge in [0.15, 0.2) is 0 Å².